The Morgan fingerprint density at radius 1 is 1.09 bits per heavy atom. The van der Waals surface area contributed by atoms with Crippen LogP contribution in [-0.4, -0.2) is 18.5 Å². The zero-order valence-electron chi connectivity index (χ0n) is 13.2. The van der Waals surface area contributed by atoms with Gasteiger partial charge in [0.2, 0.25) is 5.91 Å². The molecule has 0 aliphatic carbocycles. The Kier molecular flexibility index (Phi) is 6.22. The van der Waals surface area contributed by atoms with Crippen LogP contribution in [0.2, 0.25) is 0 Å². The molecule has 0 aliphatic rings. The van der Waals surface area contributed by atoms with Crippen molar-refractivity contribution in [1.29, 1.82) is 0 Å². The number of nitrogens with one attached hydrogen (secondary N) is 2. The first-order valence-electron chi connectivity index (χ1n) is 7.85. The lowest BCUT2D eigenvalue weighted by atomic mass is 10.0. The number of amides is 1. The van der Waals surface area contributed by atoms with E-state index in [2.05, 4.69) is 24.5 Å². The van der Waals surface area contributed by atoms with Crippen molar-refractivity contribution in [3.8, 4) is 0 Å². The lowest BCUT2D eigenvalue weighted by molar-refractivity contribution is -0.121. The SMILES string of the molecule is CCC(CC)NC(=O)CN[C@@H](c1ccccc1)c1ccco1. The molecule has 0 aliphatic heterocycles. The molecule has 4 nitrogen and oxygen atoms in total. The second-order valence-electron chi connectivity index (χ2n) is 5.32. The van der Waals surface area contributed by atoms with Crippen LogP contribution in [0, 0.1) is 0 Å². The average Bonchev–Trinajstić information content (AvgIpc) is 3.08. The summed E-state index contributed by atoms with van der Waals surface area (Å²) >= 11 is 0. The topological polar surface area (TPSA) is 54.3 Å². The van der Waals surface area contributed by atoms with E-state index in [9.17, 15) is 4.79 Å². The van der Waals surface area contributed by atoms with Crippen LogP contribution in [0.4, 0.5) is 0 Å². The van der Waals surface area contributed by atoms with Gasteiger partial charge in [0.05, 0.1) is 18.8 Å². The fourth-order valence-electron chi connectivity index (χ4n) is 2.45. The molecular formula is C18H24N2O2. The number of hydrogen-bond donors (Lipinski definition) is 2. The summed E-state index contributed by atoms with van der Waals surface area (Å²) in [7, 11) is 0. The van der Waals surface area contributed by atoms with Gasteiger partial charge in [-0.2, -0.15) is 0 Å². The van der Waals surface area contributed by atoms with Crippen molar-refractivity contribution >= 4 is 5.91 Å². The van der Waals surface area contributed by atoms with Crippen LogP contribution in [0.3, 0.4) is 0 Å². The number of rotatable bonds is 8. The lowest BCUT2D eigenvalue weighted by Gasteiger charge is -2.19. The van der Waals surface area contributed by atoms with Crippen molar-refractivity contribution in [3.63, 3.8) is 0 Å². The van der Waals surface area contributed by atoms with Crippen molar-refractivity contribution in [2.24, 2.45) is 0 Å². The Labute approximate surface area is 131 Å². The van der Waals surface area contributed by atoms with E-state index in [-0.39, 0.29) is 24.5 Å². The fraction of sp³-hybridized carbons (Fsp3) is 0.389. The quantitative estimate of drug-likeness (QED) is 0.787. The molecule has 2 rings (SSSR count). The van der Waals surface area contributed by atoms with Gasteiger partial charge in [0.25, 0.3) is 0 Å². The van der Waals surface area contributed by atoms with Crippen molar-refractivity contribution in [2.75, 3.05) is 6.54 Å². The van der Waals surface area contributed by atoms with E-state index in [1.807, 2.05) is 42.5 Å². The molecule has 1 atom stereocenters. The minimum absolute atomic E-state index is 0.0150. The Balaban J connectivity index is 2.01. The monoisotopic (exact) mass is 300 g/mol. The summed E-state index contributed by atoms with van der Waals surface area (Å²) in [5, 5.41) is 6.32. The van der Waals surface area contributed by atoms with Gasteiger partial charge in [-0.3, -0.25) is 10.1 Å². The number of carbonyl (C=O) groups excluding carboxylic acids is 1. The van der Waals surface area contributed by atoms with Crippen LogP contribution in [0.1, 0.15) is 44.1 Å². The van der Waals surface area contributed by atoms with Gasteiger partial charge < -0.3 is 9.73 Å². The van der Waals surface area contributed by atoms with E-state index in [1.165, 1.54) is 0 Å². The normalized spacial score (nSPS) is 12.3. The van der Waals surface area contributed by atoms with E-state index >= 15 is 0 Å². The zero-order valence-corrected chi connectivity index (χ0v) is 13.2. The van der Waals surface area contributed by atoms with Crippen molar-refractivity contribution < 1.29 is 9.21 Å². The molecule has 0 spiro atoms. The summed E-state index contributed by atoms with van der Waals surface area (Å²) in [6.07, 6.45) is 3.54. The third-order valence-corrected chi connectivity index (χ3v) is 3.78. The molecule has 0 saturated carbocycles. The van der Waals surface area contributed by atoms with Crippen LogP contribution in [0.15, 0.2) is 53.1 Å². The van der Waals surface area contributed by atoms with Crippen molar-refractivity contribution in [3.05, 3.63) is 60.1 Å². The molecule has 2 N–H and O–H groups in total. The van der Waals surface area contributed by atoms with Crippen molar-refractivity contribution in [2.45, 2.75) is 38.8 Å². The van der Waals surface area contributed by atoms with Crippen molar-refractivity contribution in [1.82, 2.24) is 10.6 Å². The first-order chi connectivity index (χ1) is 10.7. The highest BCUT2D eigenvalue weighted by molar-refractivity contribution is 5.78. The van der Waals surface area contributed by atoms with E-state index in [4.69, 9.17) is 4.42 Å². The summed E-state index contributed by atoms with van der Waals surface area (Å²) in [4.78, 5) is 12.1. The van der Waals surface area contributed by atoms with Crippen LogP contribution in [-0.2, 0) is 4.79 Å². The van der Waals surface area contributed by atoms with E-state index in [1.54, 1.807) is 6.26 Å². The van der Waals surface area contributed by atoms with Gasteiger partial charge in [-0.05, 0) is 30.5 Å². The summed E-state index contributed by atoms with van der Waals surface area (Å²) < 4.78 is 5.51. The smallest absolute Gasteiger partial charge is 0.234 e. The molecule has 1 heterocycles. The highest BCUT2D eigenvalue weighted by Crippen LogP contribution is 2.21. The largest absolute Gasteiger partial charge is 0.467 e. The zero-order chi connectivity index (χ0) is 15.8. The Morgan fingerprint density at radius 3 is 2.41 bits per heavy atom. The third-order valence-electron chi connectivity index (χ3n) is 3.78. The van der Waals surface area contributed by atoms with Crippen LogP contribution >= 0.6 is 0 Å². The Hall–Kier alpha value is -2.07. The van der Waals surface area contributed by atoms with E-state index in [0.717, 1.165) is 24.2 Å². The molecule has 1 aromatic heterocycles. The van der Waals surface area contributed by atoms with Gasteiger partial charge in [-0.15, -0.1) is 0 Å². The van der Waals surface area contributed by atoms with Gasteiger partial charge in [0.1, 0.15) is 5.76 Å². The standard InChI is InChI=1S/C18H24N2O2/c1-3-15(4-2)20-17(21)13-19-18(16-11-8-12-22-16)14-9-6-5-7-10-14/h5-12,15,18-19H,3-4,13H2,1-2H3,(H,20,21)/t18-/m0/s1. The molecule has 1 aromatic carbocycles. The van der Waals surface area contributed by atoms with E-state index in [0.29, 0.717) is 0 Å². The Morgan fingerprint density at radius 2 is 1.82 bits per heavy atom. The van der Waals surface area contributed by atoms with E-state index < -0.39 is 0 Å². The summed E-state index contributed by atoms with van der Waals surface area (Å²) in [5.41, 5.74) is 1.08. The highest BCUT2D eigenvalue weighted by atomic mass is 16.3. The summed E-state index contributed by atoms with van der Waals surface area (Å²) in [5.74, 6) is 0.822. The molecule has 0 saturated heterocycles. The molecule has 0 bridgehead atoms. The molecule has 0 radical (unpaired) electrons. The van der Waals surface area contributed by atoms with Gasteiger partial charge in [-0.1, -0.05) is 44.2 Å². The Bertz CT molecular complexity index is 548. The number of hydrogen-bond acceptors (Lipinski definition) is 3. The fourth-order valence-corrected chi connectivity index (χ4v) is 2.45. The number of carbonyl (C=O) groups is 1. The minimum Gasteiger partial charge on any atom is -0.467 e. The maximum absolute atomic E-state index is 12.1. The minimum atomic E-state index is -0.122. The third kappa shape index (κ3) is 4.46. The first kappa shape index (κ1) is 16.3. The summed E-state index contributed by atoms with van der Waals surface area (Å²) in [6, 6.07) is 13.9. The molecule has 0 fully saturated rings. The summed E-state index contributed by atoms with van der Waals surface area (Å²) in [6.45, 7) is 4.42. The van der Waals surface area contributed by atoms with Gasteiger partial charge in [0, 0.05) is 6.04 Å². The van der Waals surface area contributed by atoms with Gasteiger partial charge in [0.15, 0.2) is 0 Å². The average molecular weight is 300 g/mol. The second-order valence-corrected chi connectivity index (χ2v) is 5.32. The number of benzene rings is 1. The van der Waals surface area contributed by atoms with Gasteiger partial charge >= 0.3 is 0 Å². The molecule has 22 heavy (non-hydrogen) atoms. The molecular weight excluding hydrogens is 276 g/mol. The molecule has 2 aromatic rings. The maximum atomic E-state index is 12.1. The molecule has 0 unspecified atom stereocenters. The molecule has 4 heteroatoms. The maximum Gasteiger partial charge on any atom is 0.234 e. The molecule has 1 amide bonds. The predicted molar refractivity (Wildman–Crippen MR) is 87.5 cm³/mol. The lowest BCUT2D eigenvalue weighted by Crippen LogP contribution is -2.41. The predicted octanol–water partition coefficient (Wildman–Crippen LogP) is 3.26. The van der Waals surface area contributed by atoms with Gasteiger partial charge in [-0.25, -0.2) is 0 Å². The molecule has 118 valence electrons. The van der Waals surface area contributed by atoms with Crippen LogP contribution < -0.4 is 10.6 Å². The highest BCUT2D eigenvalue weighted by Gasteiger charge is 2.18. The first-order valence-corrected chi connectivity index (χ1v) is 7.85. The second kappa shape index (κ2) is 8.39. The van der Waals surface area contributed by atoms with Crippen LogP contribution in [0.5, 0.6) is 0 Å². The van der Waals surface area contributed by atoms with Crippen LogP contribution in [0.25, 0.3) is 0 Å². The number of furan rings is 1.